The van der Waals surface area contributed by atoms with Crippen molar-refractivity contribution in [1.82, 2.24) is 4.90 Å². The smallest absolute Gasteiger partial charge is 0.254 e. The monoisotopic (exact) mass is 229 g/mol. The first-order valence-corrected chi connectivity index (χ1v) is 6.57. The Morgan fingerprint density at radius 2 is 2.12 bits per heavy atom. The molecule has 0 saturated heterocycles. The Balaban J connectivity index is 1.85. The maximum atomic E-state index is 12.2. The molecule has 0 N–H and O–H groups in total. The van der Waals surface area contributed by atoms with Crippen molar-refractivity contribution < 1.29 is 4.79 Å². The molecule has 0 spiro atoms. The van der Waals surface area contributed by atoms with Crippen LogP contribution in [0.3, 0.4) is 0 Å². The van der Waals surface area contributed by atoms with Gasteiger partial charge in [0.25, 0.3) is 5.91 Å². The summed E-state index contributed by atoms with van der Waals surface area (Å²) in [6.07, 6.45) is 2.61. The highest BCUT2D eigenvalue weighted by atomic mass is 16.2. The van der Waals surface area contributed by atoms with Crippen molar-refractivity contribution in [2.24, 2.45) is 5.92 Å². The zero-order valence-electron chi connectivity index (χ0n) is 10.6. The van der Waals surface area contributed by atoms with Crippen LogP contribution in [0.2, 0.25) is 0 Å². The van der Waals surface area contributed by atoms with Gasteiger partial charge in [-0.2, -0.15) is 0 Å². The van der Waals surface area contributed by atoms with Crippen LogP contribution in [0.25, 0.3) is 0 Å². The lowest BCUT2D eigenvalue weighted by molar-refractivity contribution is 0.0771. The molecule has 1 amide bonds. The summed E-state index contributed by atoms with van der Waals surface area (Å²) >= 11 is 0. The number of hydrogen-bond acceptors (Lipinski definition) is 1. The van der Waals surface area contributed by atoms with Crippen LogP contribution < -0.4 is 0 Å². The summed E-state index contributed by atoms with van der Waals surface area (Å²) in [6.45, 7) is 6.18. The van der Waals surface area contributed by atoms with Crippen LogP contribution in [-0.2, 0) is 6.54 Å². The summed E-state index contributed by atoms with van der Waals surface area (Å²) in [5, 5.41) is 0. The number of benzene rings is 1. The third kappa shape index (κ3) is 1.97. The van der Waals surface area contributed by atoms with Crippen LogP contribution in [0.4, 0.5) is 0 Å². The van der Waals surface area contributed by atoms with Gasteiger partial charge in [0.2, 0.25) is 0 Å². The molecule has 0 radical (unpaired) electrons. The van der Waals surface area contributed by atoms with E-state index in [-0.39, 0.29) is 5.91 Å². The molecule has 2 heteroatoms. The van der Waals surface area contributed by atoms with Gasteiger partial charge >= 0.3 is 0 Å². The Morgan fingerprint density at radius 3 is 2.76 bits per heavy atom. The van der Waals surface area contributed by atoms with E-state index in [2.05, 4.69) is 26.0 Å². The van der Waals surface area contributed by atoms with E-state index in [0.29, 0.717) is 5.92 Å². The van der Waals surface area contributed by atoms with Gasteiger partial charge in [-0.3, -0.25) is 4.79 Å². The molecule has 1 heterocycles. The Hall–Kier alpha value is -1.31. The van der Waals surface area contributed by atoms with Gasteiger partial charge < -0.3 is 4.90 Å². The van der Waals surface area contributed by atoms with E-state index >= 15 is 0 Å². The van der Waals surface area contributed by atoms with Gasteiger partial charge in [0.05, 0.1) is 0 Å². The van der Waals surface area contributed by atoms with Crippen molar-refractivity contribution in [3.8, 4) is 0 Å². The van der Waals surface area contributed by atoms with Gasteiger partial charge in [-0.15, -0.1) is 0 Å². The second kappa shape index (κ2) is 3.86. The molecule has 0 unspecified atom stereocenters. The fourth-order valence-corrected chi connectivity index (χ4v) is 2.52. The van der Waals surface area contributed by atoms with E-state index in [1.165, 1.54) is 24.0 Å². The molecule has 1 aliphatic heterocycles. The predicted molar refractivity (Wildman–Crippen MR) is 68.0 cm³/mol. The van der Waals surface area contributed by atoms with E-state index in [4.69, 9.17) is 0 Å². The molecular weight excluding hydrogens is 210 g/mol. The highest BCUT2D eigenvalue weighted by Gasteiger charge is 2.32. The first-order chi connectivity index (χ1) is 8.15. The molecule has 1 aliphatic carbocycles. The lowest BCUT2D eigenvalue weighted by Gasteiger charge is -2.14. The molecule has 0 aromatic heterocycles. The molecule has 1 aromatic rings. The van der Waals surface area contributed by atoms with Crippen LogP contribution >= 0.6 is 0 Å². The third-order valence-electron chi connectivity index (χ3n) is 3.85. The van der Waals surface area contributed by atoms with Gasteiger partial charge in [-0.05, 0) is 41.9 Å². The van der Waals surface area contributed by atoms with E-state index in [0.717, 1.165) is 24.6 Å². The summed E-state index contributed by atoms with van der Waals surface area (Å²) in [5.41, 5.74) is 3.49. The molecule has 1 saturated carbocycles. The third-order valence-corrected chi connectivity index (χ3v) is 3.85. The number of rotatable bonds is 3. The van der Waals surface area contributed by atoms with Crippen molar-refractivity contribution in [3.63, 3.8) is 0 Å². The van der Waals surface area contributed by atoms with Crippen molar-refractivity contribution >= 4 is 5.91 Å². The van der Waals surface area contributed by atoms with Crippen LogP contribution in [0.15, 0.2) is 18.2 Å². The van der Waals surface area contributed by atoms with Crippen LogP contribution in [0.1, 0.15) is 54.1 Å². The second-order valence-corrected chi connectivity index (χ2v) is 5.70. The summed E-state index contributed by atoms with van der Waals surface area (Å²) in [4.78, 5) is 14.2. The van der Waals surface area contributed by atoms with Crippen LogP contribution in [0, 0.1) is 5.92 Å². The van der Waals surface area contributed by atoms with E-state index in [1.54, 1.807) is 0 Å². The maximum Gasteiger partial charge on any atom is 0.254 e. The van der Waals surface area contributed by atoms with Crippen molar-refractivity contribution in [3.05, 3.63) is 34.9 Å². The molecule has 0 bridgehead atoms. The molecule has 2 aliphatic rings. The summed E-state index contributed by atoms with van der Waals surface area (Å²) < 4.78 is 0. The molecular formula is C15H19NO. The second-order valence-electron chi connectivity index (χ2n) is 5.70. The summed E-state index contributed by atoms with van der Waals surface area (Å²) in [5.74, 6) is 1.55. The molecule has 1 aromatic carbocycles. The summed E-state index contributed by atoms with van der Waals surface area (Å²) in [7, 11) is 0. The average Bonchev–Trinajstić information content (AvgIpc) is 3.05. The van der Waals surface area contributed by atoms with Crippen LogP contribution in [0.5, 0.6) is 0 Å². The first-order valence-electron chi connectivity index (χ1n) is 6.57. The Labute approximate surface area is 103 Å². The average molecular weight is 229 g/mol. The largest absolute Gasteiger partial charge is 0.334 e. The zero-order valence-corrected chi connectivity index (χ0v) is 10.6. The molecule has 17 heavy (non-hydrogen) atoms. The number of amides is 1. The number of carbonyl (C=O) groups excluding carboxylic acids is 1. The van der Waals surface area contributed by atoms with Crippen LogP contribution in [-0.4, -0.2) is 17.4 Å². The minimum atomic E-state index is 0.238. The lowest BCUT2D eigenvalue weighted by Crippen LogP contribution is -2.26. The highest BCUT2D eigenvalue weighted by molar-refractivity contribution is 5.98. The minimum absolute atomic E-state index is 0.238. The Kier molecular flexibility index (Phi) is 2.46. The first kappa shape index (κ1) is 10.8. The topological polar surface area (TPSA) is 20.3 Å². The van der Waals surface area contributed by atoms with E-state index in [9.17, 15) is 4.79 Å². The molecule has 0 atom stereocenters. The standard InChI is InChI=1S/C15H19NO/c1-10(2)12-5-6-14-13(7-12)9-16(15(14)17)8-11-3-4-11/h5-7,10-11H,3-4,8-9H2,1-2H3. The highest BCUT2D eigenvalue weighted by Crippen LogP contribution is 2.33. The van der Waals surface area contributed by atoms with Gasteiger partial charge in [0.1, 0.15) is 0 Å². The molecule has 2 nitrogen and oxygen atoms in total. The van der Waals surface area contributed by atoms with Crippen molar-refractivity contribution in [2.45, 2.75) is 39.2 Å². The molecule has 3 rings (SSSR count). The molecule has 1 fully saturated rings. The molecule has 90 valence electrons. The Morgan fingerprint density at radius 1 is 1.35 bits per heavy atom. The van der Waals surface area contributed by atoms with Crippen molar-refractivity contribution in [1.29, 1.82) is 0 Å². The minimum Gasteiger partial charge on any atom is -0.334 e. The normalized spacial score (nSPS) is 19.0. The number of fused-ring (bicyclic) bond motifs is 1. The number of nitrogens with zero attached hydrogens (tertiary/aromatic N) is 1. The van der Waals surface area contributed by atoms with Gasteiger partial charge in [0.15, 0.2) is 0 Å². The van der Waals surface area contributed by atoms with E-state index in [1.807, 2.05) is 11.0 Å². The van der Waals surface area contributed by atoms with Gasteiger partial charge in [-0.1, -0.05) is 26.0 Å². The summed E-state index contributed by atoms with van der Waals surface area (Å²) in [6, 6.07) is 6.33. The van der Waals surface area contributed by atoms with E-state index < -0.39 is 0 Å². The van der Waals surface area contributed by atoms with Gasteiger partial charge in [0, 0.05) is 18.7 Å². The number of carbonyl (C=O) groups is 1. The van der Waals surface area contributed by atoms with Gasteiger partial charge in [-0.25, -0.2) is 0 Å². The zero-order chi connectivity index (χ0) is 12.0. The fourth-order valence-electron chi connectivity index (χ4n) is 2.52. The predicted octanol–water partition coefficient (Wildman–Crippen LogP) is 3.18. The quantitative estimate of drug-likeness (QED) is 0.779. The lowest BCUT2D eigenvalue weighted by atomic mass is 9.98. The SMILES string of the molecule is CC(C)c1ccc2c(c1)CN(CC1CC1)C2=O. The number of hydrogen-bond donors (Lipinski definition) is 0. The van der Waals surface area contributed by atoms with Crippen molar-refractivity contribution in [2.75, 3.05) is 6.54 Å². The fraction of sp³-hybridized carbons (Fsp3) is 0.533. The Bertz CT molecular complexity index is 460. The maximum absolute atomic E-state index is 12.2.